The smallest absolute Gasteiger partial charge is 0.240 e. The van der Waals surface area contributed by atoms with E-state index in [2.05, 4.69) is 20.9 Å². The molecule has 0 radical (unpaired) electrons. The van der Waals surface area contributed by atoms with E-state index in [1.165, 1.54) is 0 Å². The molecule has 134 valence electrons. The van der Waals surface area contributed by atoms with Gasteiger partial charge in [0, 0.05) is 18.1 Å². The van der Waals surface area contributed by atoms with Crippen LogP contribution in [0.1, 0.15) is 24.3 Å². The zero-order valence-electron chi connectivity index (χ0n) is 14.2. The van der Waals surface area contributed by atoms with Gasteiger partial charge in [-0.2, -0.15) is 0 Å². The molecule has 2 aromatic rings. The second-order valence-electron chi connectivity index (χ2n) is 6.24. The number of aryl methyl sites for hydroxylation is 2. The van der Waals surface area contributed by atoms with E-state index >= 15 is 0 Å². The molecule has 25 heavy (non-hydrogen) atoms. The van der Waals surface area contributed by atoms with Gasteiger partial charge < -0.3 is 14.4 Å². The van der Waals surface area contributed by atoms with Crippen LogP contribution in [0.2, 0.25) is 0 Å². The van der Waals surface area contributed by atoms with Gasteiger partial charge in [-0.25, -0.2) is 0 Å². The van der Waals surface area contributed by atoms with Crippen LogP contribution in [-0.2, 0) is 9.59 Å². The summed E-state index contributed by atoms with van der Waals surface area (Å²) >= 11 is 0. The van der Waals surface area contributed by atoms with Crippen molar-refractivity contribution in [1.29, 1.82) is 0 Å². The topological polar surface area (TPSA) is 114 Å². The van der Waals surface area contributed by atoms with E-state index in [0.29, 0.717) is 49.1 Å². The fourth-order valence-corrected chi connectivity index (χ4v) is 2.81. The lowest BCUT2D eigenvalue weighted by Gasteiger charge is -2.30. The molecule has 2 amide bonds. The number of carbonyl (C=O) groups excluding carboxylic acids is 2. The molecule has 9 nitrogen and oxygen atoms in total. The number of likely N-dealkylation sites (tertiary alicyclic amines) is 1. The van der Waals surface area contributed by atoms with Gasteiger partial charge in [0.05, 0.1) is 12.2 Å². The summed E-state index contributed by atoms with van der Waals surface area (Å²) in [5.41, 5.74) is 0.712. The Hall–Kier alpha value is -2.68. The number of hydrogen-bond donors (Lipinski definition) is 2. The van der Waals surface area contributed by atoms with Crippen LogP contribution in [0.25, 0.3) is 0 Å². The van der Waals surface area contributed by atoms with Crippen LogP contribution < -0.4 is 10.6 Å². The first kappa shape index (κ1) is 17.2. The van der Waals surface area contributed by atoms with Crippen molar-refractivity contribution in [2.24, 2.45) is 5.92 Å². The summed E-state index contributed by atoms with van der Waals surface area (Å²) < 4.78 is 9.90. The zero-order chi connectivity index (χ0) is 17.8. The third-order valence-electron chi connectivity index (χ3n) is 4.10. The van der Waals surface area contributed by atoms with Gasteiger partial charge in [0.25, 0.3) is 0 Å². The van der Waals surface area contributed by atoms with Crippen molar-refractivity contribution in [2.45, 2.75) is 26.7 Å². The monoisotopic (exact) mass is 347 g/mol. The predicted octanol–water partition coefficient (Wildman–Crippen LogP) is 1.57. The van der Waals surface area contributed by atoms with E-state index in [4.69, 9.17) is 9.05 Å². The lowest BCUT2D eigenvalue weighted by atomic mass is 9.96. The van der Waals surface area contributed by atoms with Crippen molar-refractivity contribution in [1.82, 2.24) is 15.2 Å². The summed E-state index contributed by atoms with van der Waals surface area (Å²) in [6, 6.07) is 3.35. The molecule has 1 aliphatic rings. The van der Waals surface area contributed by atoms with Gasteiger partial charge in [-0.05, 0) is 39.8 Å². The second-order valence-corrected chi connectivity index (χ2v) is 6.24. The first-order valence-corrected chi connectivity index (χ1v) is 8.19. The van der Waals surface area contributed by atoms with Crippen LogP contribution in [0, 0.1) is 19.8 Å². The standard InChI is InChI=1S/C16H21N5O4/c1-10-7-15(25-19-10)18-14(22)9-21-5-3-12(4-6-21)16(23)17-13-8-11(2)24-20-13/h7-8,12H,3-6,9H2,1-2H3,(H,18,22)(H,17,20,23). The SMILES string of the molecule is Cc1cc(NC(=O)CN2CCC(C(=O)Nc3cc(C)on3)CC2)on1. The number of nitrogens with one attached hydrogen (secondary N) is 2. The minimum atomic E-state index is -0.155. The number of nitrogens with zero attached hydrogens (tertiary/aromatic N) is 3. The van der Waals surface area contributed by atoms with Crippen molar-refractivity contribution in [3.05, 3.63) is 23.6 Å². The quantitative estimate of drug-likeness (QED) is 0.844. The second kappa shape index (κ2) is 7.47. The van der Waals surface area contributed by atoms with Gasteiger partial charge in [0.15, 0.2) is 5.82 Å². The average molecular weight is 347 g/mol. The fraction of sp³-hybridized carbons (Fsp3) is 0.500. The van der Waals surface area contributed by atoms with Crippen molar-refractivity contribution in [3.8, 4) is 0 Å². The van der Waals surface area contributed by atoms with E-state index in [9.17, 15) is 9.59 Å². The Bertz CT molecular complexity index is 745. The van der Waals surface area contributed by atoms with Gasteiger partial charge in [0.1, 0.15) is 5.76 Å². The van der Waals surface area contributed by atoms with Crippen LogP contribution in [0.5, 0.6) is 0 Å². The Balaban J connectivity index is 1.42. The summed E-state index contributed by atoms with van der Waals surface area (Å²) in [5, 5.41) is 12.9. The van der Waals surface area contributed by atoms with Crippen LogP contribution in [0.3, 0.4) is 0 Å². The highest BCUT2D eigenvalue weighted by Gasteiger charge is 2.26. The first-order chi connectivity index (χ1) is 12.0. The van der Waals surface area contributed by atoms with Crippen LogP contribution >= 0.6 is 0 Å². The lowest BCUT2D eigenvalue weighted by Crippen LogP contribution is -2.41. The zero-order valence-corrected chi connectivity index (χ0v) is 14.2. The molecule has 1 aliphatic heterocycles. The predicted molar refractivity (Wildman–Crippen MR) is 88.9 cm³/mol. The Kier molecular flexibility index (Phi) is 5.13. The third kappa shape index (κ3) is 4.66. The molecule has 0 aliphatic carbocycles. The number of piperidine rings is 1. The number of rotatable bonds is 5. The largest absolute Gasteiger partial charge is 0.360 e. The number of anilines is 2. The van der Waals surface area contributed by atoms with Gasteiger partial charge in [0.2, 0.25) is 17.7 Å². The summed E-state index contributed by atoms with van der Waals surface area (Å²) in [6.07, 6.45) is 1.38. The molecule has 3 heterocycles. The molecule has 2 aromatic heterocycles. The molecular formula is C16H21N5O4. The van der Waals surface area contributed by atoms with E-state index in [1.807, 2.05) is 4.90 Å². The van der Waals surface area contributed by atoms with Gasteiger partial charge >= 0.3 is 0 Å². The van der Waals surface area contributed by atoms with Crippen molar-refractivity contribution in [2.75, 3.05) is 30.3 Å². The molecule has 1 saturated heterocycles. The maximum Gasteiger partial charge on any atom is 0.240 e. The fourth-order valence-electron chi connectivity index (χ4n) is 2.81. The summed E-state index contributed by atoms with van der Waals surface area (Å²) in [4.78, 5) is 26.3. The number of aromatic nitrogens is 2. The normalized spacial score (nSPS) is 15.9. The molecule has 3 rings (SSSR count). The number of amides is 2. The summed E-state index contributed by atoms with van der Waals surface area (Å²) in [7, 11) is 0. The van der Waals surface area contributed by atoms with Crippen LogP contribution in [0.4, 0.5) is 11.7 Å². The highest BCUT2D eigenvalue weighted by atomic mass is 16.5. The molecule has 0 bridgehead atoms. The number of hydrogen-bond acceptors (Lipinski definition) is 7. The van der Waals surface area contributed by atoms with Crippen LogP contribution in [0.15, 0.2) is 21.2 Å². The first-order valence-electron chi connectivity index (χ1n) is 8.19. The Morgan fingerprint density at radius 1 is 1.16 bits per heavy atom. The highest BCUT2D eigenvalue weighted by molar-refractivity contribution is 5.92. The summed E-state index contributed by atoms with van der Waals surface area (Å²) in [6.45, 7) is 5.18. The molecule has 9 heteroatoms. The molecular weight excluding hydrogens is 326 g/mol. The lowest BCUT2D eigenvalue weighted by molar-refractivity contribution is -0.121. The van der Waals surface area contributed by atoms with Crippen LogP contribution in [-0.4, -0.2) is 46.7 Å². The Morgan fingerprint density at radius 2 is 1.92 bits per heavy atom. The average Bonchev–Trinajstić information content (AvgIpc) is 3.16. The molecule has 0 atom stereocenters. The summed E-state index contributed by atoms with van der Waals surface area (Å²) in [5.74, 6) is 1.13. The maximum absolute atomic E-state index is 12.2. The minimum Gasteiger partial charge on any atom is -0.360 e. The molecule has 0 unspecified atom stereocenters. The molecule has 1 fully saturated rings. The van der Waals surface area contributed by atoms with Crippen molar-refractivity contribution >= 4 is 23.5 Å². The minimum absolute atomic E-state index is 0.0606. The highest BCUT2D eigenvalue weighted by Crippen LogP contribution is 2.19. The van der Waals surface area contributed by atoms with Gasteiger partial charge in [-0.3, -0.25) is 19.8 Å². The molecule has 2 N–H and O–H groups in total. The third-order valence-corrected chi connectivity index (χ3v) is 4.10. The van der Waals surface area contributed by atoms with E-state index < -0.39 is 0 Å². The van der Waals surface area contributed by atoms with E-state index in [1.54, 1.807) is 26.0 Å². The molecule has 0 spiro atoms. The van der Waals surface area contributed by atoms with E-state index in [-0.39, 0.29) is 24.3 Å². The Labute approximate surface area is 144 Å². The van der Waals surface area contributed by atoms with E-state index in [0.717, 1.165) is 0 Å². The molecule has 0 saturated carbocycles. The van der Waals surface area contributed by atoms with Crippen molar-refractivity contribution in [3.63, 3.8) is 0 Å². The van der Waals surface area contributed by atoms with Gasteiger partial charge in [-0.15, -0.1) is 0 Å². The van der Waals surface area contributed by atoms with Gasteiger partial charge in [-0.1, -0.05) is 10.3 Å². The Morgan fingerprint density at radius 3 is 2.52 bits per heavy atom. The number of carbonyl (C=O) groups is 2. The van der Waals surface area contributed by atoms with Crippen molar-refractivity contribution < 1.29 is 18.6 Å². The molecule has 0 aromatic carbocycles. The maximum atomic E-state index is 12.2.